The zero-order valence-electron chi connectivity index (χ0n) is 39.4. The molecule has 81 heavy (non-hydrogen) atoms. The number of H-pyrrole nitrogens is 8. The molecule has 0 aliphatic rings. The minimum Gasteiger partial charge on any atom is -0.412 e. The molecular formula is C45H27N9O14S9Se4. The van der Waals surface area contributed by atoms with Crippen LogP contribution in [0.1, 0.15) is 0 Å². The molecule has 0 amide bonds. The fourth-order valence-corrected chi connectivity index (χ4v) is 16.0. The number of imidazole rings is 4. The third kappa shape index (κ3) is 15.6. The van der Waals surface area contributed by atoms with Crippen molar-refractivity contribution in [1.82, 2.24) is 39.9 Å². The van der Waals surface area contributed by atoms with Gasteiger partial charge in [0.25, 0.3) is 0 Å². The van der Waals surface area contributed by atoms with E-state index in [1.165, 1.54) is 45.0 Å². The third-order valence-corrected chi connectivity index (χ3v) is 19.9. The summed E-state index contributed by atoms with van der Waals surface area (Å²) in [5.74, 6) is -1.37. The van der Waals surface area contributed by atoms with Gasteiger partial charge in [-0.25, -0.2) is 15.0 Å². The molecule has 0 bridgehead atoms. The third-order valence-electron chi connectivity index (χ3n) is 9.55. The Labute approximate surface area is 508 Å². The molecule has 0 unspecified atom stereocenters. The van der Waals surface area contributed by atoms with Crippen LogP contribution >= 0.6 is 106 Å². The van der Waals surface area contributed by atoms with Gasteiger partial charge >= 0.3 is 257 Å². The van der Waals surface area contributed by atoms with Crippen LogP contribution in [0.2, 0.25) is 0 Å². The first-order valence-corrected chi connectivity index (χ1v) is 35.9. The number of aromatic amines is 8. The fourth-order valence-electron chi connectivity index (χ4n) is 6.20. The van der Waals surface area contributed by atoms with Gasteiger partial charge in [-0.15, -0.1) is 56.7 Å². The smallest absolute Gasteiger partial charge is 0.363 e. The van der Waals surface area contributed by atoms with Crippen LogP contribution < -0.4 is 28.8 Å². The van der Waals surface area contributed by atoms with Gasteiger partial charge in [0, 0.05) is 66.0 Å². The Morgan fingerprint density at radius 1 is 0.309 bits per heavy atom. The zero-order chi connectivity index (χ0) is 56.4. The van der Waals surface area contributed by atoms with Crippen molar-refractivity contribution >= 4 is 264 Å². The van der Waals surface area contributed by atoms with Gasteiger partial charge in [-0.05, 0) is 12.2 Å². The molecule has 18 heterocycles. The second-order valence-electron chi connectivity index (χ2n) is 14.9. The Kier molecular flexibility index (Phi) is 19.4. The van der Waals surface area contributed by atoms with E-state index < -0.39 is 11.6 Å². The number of aromatic nitrogens is 8. The molecule has 0 spiro atoms. The second-order valence-corrected chi connectivity index (χ2v) is 26.4. The van der Waals surface area contributed by atoms with Crippen LogP contribution in [0, 0.1) is 24.8 Å². The minimum absolute atomic E-state index is 0.108. The van der Waals surface area contributed by atoms with E-state index in [-0.39, 0.29) is 26.9 Å². The molecule has 414 valence electrons. The molecule has 0 aliphatic carbocycles. The second kappa shape index (κ2) is 27.1. The van der Waals surface area contributed by atoms with Crippen molar-refractivity contribution in [2.45, 2.75) is 0 Å². The van der Waals surface area contributed by atoms with Crippen LogP contribution in [-0.2, 0) is 0 Å². The predicted octanol–water partition coefficient (Wildman–Crippen LogP) is 12.5. The van der Waals surface area contributed by atoms with Crippen LogP contribution in [-0.4, -0.2) is 97.9 Å². The first kappa shape index (κ1) is 57.8. The summed E-state index contributed by atoms with van der Waals surface area (Å²) >= 11 is 28.5. The summed E-state index contributed by atoms with van der Waals surface area (Å²) < 4.78 is 49.5. The van der Waals surface area contributed by atoms with Crippen molar-refractivity contribution in [2.24, 2.45) is 0 Å². The molecule has 0 radical (unpaired) electrons. The topological polar surface area (TPSA) is 350 Å². The molecular weight excluding hydrogens is 1490 g/mol. The van der Waals surface area contributed by atoms with E-state index in [2.05, 4.69) is 91.9 Å². The maximum Gasteiger partial charge on any atom is 0.363 e. The number of hydrogen-bond donors (Lipinski definition) is 9. The maximum atomic E-state index is 10.6. The number of hydrogen-bond acceptors (Lipinski definition) is 24. The van der Waals surface area contributed by atoms with Crippen LogP contribution in [0.4, 0.5) is 0 Å². The van der Waals surface area contributed by atoms with Gasteiger partial charge in [0.05, 0.1) is 22.1 Å². The van der Waals surface area contributed by atoms with E-state index in [1.807, 2.05) is 61.9 Å². The first-order valence-electron chi connectivity index (χ1n) is 21.7. The Morgan fingerprint density at radius 2 is 0.556 bits per heavy atom. The summed E-state index contributed by atoms with van der Waals surface area (Å²) in [7, 11) is 0. The number of rotatable bonds is 0. The Hall–Kier alpha value is -6.39. The predicted molar refractivity (Wildman–Crippen MR) is 324 cm³/mol. The fraction of sp³-hybridized carbons (Fsp3) is 0. The number of nitrogens with one attached hydrogen (secondary N) is 9. The molecule has 0 aliphatic heterocycles. The van der Waals surface area contributed by atoms with Gasteiger partial charge in [0.1, 0.15) is 0 Å². The van der Waals surface area contributed by atoms with Gasteiger partial charge in [-0.3, -0.25) is 0 Å². The molecule has 0 saturated heterocycles. The normalized spacial score (nSPS) is 10.7. The van der Waals surface area contributed by atoms with Gasteiger partial charge in [-0.2, -0.15) is 0 Å². The molecule has 23 nitrogen and oxygen atoms in total. The molecule has 18 aromatic heterocycles. The molecule has 0 atom stereocenters. The molecule has 18 rings (SSSR count). The average molecular weight is 1520 g/mol. The van der Waals surface area contributed by atoms with Crippen molar-refractivity contribution in [3.63, 3.8) is 0 Å². The quantitative estimate of drug-likeness (QED) is 0.0503. The van der Waals surface area contributed by atoms with Crippen molar-refractivity contribution in [2.75, 3.05) is 0 Å². The monoisotopic (exact) mass is 1520 g/mol. The molecule has 0 aromatic carbocycles. The zero-order valence-corrected chi connectivity index (χ0v) is 53.6. The SMILES string of the molecule is N=c1oc2cscc2o1.O=c1[nH]c2c[se]cc2[nH]1.O=c1[nH]c2cscc2[nH]1.O=c1oc2c[se]cc2o1.O=c1oc2cscc2o1.S=c1[nH]c2c[se]cc2[nH]1.S=c1[nH]c2cscc2[nH]1.S=c1oc2c[se]cc2o1.S=c1oc2cscc2o1. The molecule has 9 N–H and O–H groups in total. The van der Waals surface area contributed by atoms with Crippen LogP contribution in [0.15, 0.2) is 157 Å². The summed E-state index contributed by atoms with van der Waals surface area (Å²) in [4.78, 5) is 81.1. The van der Waals surface area contributed by atoms with Gasteiger partial charge in [0.2, 0.25) is 0 Å². The summed E-state index contributed by atoms with van der Waals surface area (Å²) in [6.45, 7) is 0. The van der Waals surface area contributed by atoms with Gasteiger partial charge in [0.15, 0.2) is 38.3 Å². The molecule has 36 heteroatoms. The van der Waals surface area contributed by atoms with Crippen LogP contribution in [0.3, 0.4) is 0 Å². The van der Waals surface area contributed by atoms with Gasteiger partial charge < -0.3 is 46.4 Å². The van der Waals surface area contributed by atoms with Crippen molar-refractivity contribution in [1.29, 1.82) is 5.41 Å². The Balaban J connectivity index is 0.000000102. The molecule has 0 saturated carbocycles. The van der Waals surface area contributed by atoms with Gasteiger partial charge in [-0.1, -0.05) is 0 Å². The van der Waals surface area contributed by atoms with E-state index in [4.69, 9.17) is 56.3 Å². The number of thiophene rings is 5. The van der Waals surface area contributed by atoms with E-state index in [1.54, 1.807) is 44.2 Å². The van der Waals surface area contributed by atoms with E-state index in [9.17, 15) is 19.2 Å². The Bertz CT molecular complexity index is 4120. The summed E-state index contributed by atoms with van der Waals surface area (Å²) in [5, 5.41) is 25.5. The average Bonchev–Trinajstić information content (AvgIpc) is 4.18. The summed E-state index contributed by atoms with van der Waals surface area (Å²) in [6.07, 6.45) is 0. The maximum absolute atomic E-state index is 10.6. The summed E-state index contributed by atoms with van der Waals surface area (Å²) in [6, 6.07) is 0. The summed E-state index contributed by atoms with van der Waals surface area (Å²) in [5.41, 5.74) is 14.7. The van der Waals surface area contributed by atoms with Crippen LogP contribution in [0.5, 0.6) is 0 Å². The Morgan fingerprint density at radius 3 is 0.938 bits per heavy atom. The van der Waals surface area contributed by atoms with Crippen molar-refractivity contribution in [3.8, 4) is 0 Å². The minimum atomic E-state index is -0.632. The van der Waals surface area contributed by atoms with Crippen molar-refractivity contribution < 1.29 is 44.2 Å². The standard InChI is InChI=1S/C5H4N2OS.C5H4N2OSe.C5H4N2S2.C5H4N2SSe.C5H3NO2S.C5H2O3S.C5H2O3Se.C5H2O2S2.C5H2O2SSe/c4*8-5-6-3-1-9-2-4(3)7-5;3*6-5-7-3-1-9-2-4(3)8-5;2*8-5-6-3-1-9-2-4(3)7-5/h4*1-2H,(H2,6,7,8);1-2,6H;4*1-2H. The first-order chi connectivity index (χ1) is 39.2. The van der Waals surface area contributed by atoms with E-state index in [0.29, 0.717) is 96.3 Å². The van der Waals surface area contributed by atoms with Crippen LogP contribution in [0.25, 0.3) is 100.0 Å². The largest absolute Gasteiger partial charge is 0.412 e. The number of fused-ring (bicyclic) bond motifs is 9. The van der Waals surface area contributed by atoms with Crippen molar-refractivity contribution in [3.05, 3.63) is 161 Å². The van der Waals surface area contributed by atoms with E-state index >= 15 is 0 Å². The molecule has 0 fully saturated rings. The van der Waals surface area contributed by atoms with E-state index in [0.717, 1.165) is 60.2 Å². The molecule has 18 aromatic rings.